The summed E-state index contributed by atoms with van der Waals surface area (Å²) in [7, 11) is -1.39. The van der Waals surface area contributed by atoms with Crippen molar-refractivity contribution in [3.63, 3.8) is 0 Å². The van der Waals surface area contributed by atoms with Crippen LogP contribution >= 0.6 is 24.0 Å². The van der Waals surface area contributed by atoms with E-state index >= 15 is 0 Å². The monoisotopic (exact) mass is 518 g/mol. The molecule has 7 nitrogen and oxygen atoms in total. The number of hydrogen-bond acceptors (Lipinski definition) is 5. The molecule has 1 saturated heterocycles. The molecule has 28 heavy (non-hydrogen) atoms. The fraction of sp³-hybridized carbons (Fsp3) is 0.474. The molecule has 0 bridgehead atoms. The van der Waals surface area contributed by atoms with Crippen molar-refractivity contribution in [2.75, 3.05) is 25.9 Å². The van der Waals surface area contributed by atoms with Crippen molar-refractivity contribution < 1.29 is 12.8 Å². The molecule has 0 unspecified atom stereocenters. The van der Waals surface area contributed by atoms with Crippen molar-refractivity contribution >= 4 is 39.8 Å². The molecular weight excluding hydrogens is 491 g/mol. The molecule has 0 saturated carbocycles. The van der Waals surface area contributed by atoms with Gasteiger partial charge in [-0.1, -0.05) is 17.7 Å². The van der Waals surface area contributed by atoms with Crippen LogP contribution in [0, 0.1) is 6.92 Å². The molecule has 0 atom stereocenters. The summed E-state index contributed by atoms with van der Waals surface area (Å²) in [5.74, 6) is 1.37. The number of aromatic nitrogens is 1. The van der Waals surface area contributed by atoms with Crippen LogP contribution in [-0.4, -0.2) is 54.9 Å². The Hall–Kier alpha value is -1.62. The third kappa shape index (κ3) is 4.86. The van der Waals surface area contributed by atoms with Crippen LogP contribution in [0.4, 0.5) is 0 Å². The summed E-state index contributed by atoms with van der Waals surface area (Å²) in [6.07, 6.45) is 1.63. The van der Waals surface area contributed by atoms with Crippen molar-refractivity contribution in [2.24, 2.45) is 4.99 Å². The van der Waals surface area contributed by atoms with Crippen LogP contribution in [0.15, 0.2) is 39.9 Å². The molecule has 0 aliphatic carbocycles. The van der Waals surface area contributed by atoms with Crippen LogP contribution in [0.1, 0.15) is 25.1 Å². The Bertz CT molecular complexity index is 936. The fourth-order valence-corrected chi connectivity index (χ4v) is 4.41. The normalized spacial score (nSPS) is 18.4. The van der Waals surface area contributed by atoms with E-state index in [9.17, 15) is 8.42 Å². The quantitative estimate of drug-likeness (QED) is 0.382. The number of nitrogens with zero attached hydrogens (tertiary/aromatic N) is 3. The van der Waals surface area contributed by atoms with Crippen molar-refractivity contribution in [1.29, 1.82) is 0 Å². The largest absolute Gasteiger partial charge is 0.444 e. The predicted octanol–water partition coefficient (Wildman–Crippen LogP) is 2.85. The number of benzene rings is 1. The van der Waals surface area contributed by atoms with Crippen LogP contribution in [0.25, 0.3) is 11.5 Å². The van der Waals surface area contributed by atoms with Gasteiger partial charge in [-0.2, -0.15) is 0 Å². The van der Waals surface area contributed by atoms with E-state index in [0.717, 1.165) is 11.3 Å². The fourth-order valence-electron chi connectivity index (χ4n) is 3.04. The third-order valence-corrected chi connectivity index (χ3v) is 7.37. The topological polar surface area (TPSA) is 87.8 Å². The summed E-state index contributed by atoms with van der Waals surface area (Å²) >= 11 is 0. The molecular formula is C19H27IN4O3S. The van der Waals surface area contributed by atoms with Gasteiger partial charge in [0.25, 0.3) is 0 Å². The molecule has 9 heteroatoms. The lowest BCUT2D eigenvalue weighted by Crippen LogP contribution is -2.57. The van der Waals surface area contributed by atoms with Gasteiger partial charge in [-0.05, 0) is 32.9 Å². The maximum Gasteiger partial charge on any atom is 0.226 e. The van der Waals surface area contributed by atoms with Crippen molar-refractivity contribution in [3.8, 4) is 11.5 Å². The van der Waals surface area contributed by atoms with E-state index in [1.165, 1.54) is 5.56 Å². The molecule has 1 aromatic carbocycles. The van der Waals surface area contributed by atoms with Gasteiger partial charge in [-0.15, -0.1) is 24.0 Å². The molecule has 0 amide bonds. The standard InChI is InChI=1S/C19H26N4O3S.HI/c1-14-5-7-15(8-6-14)17-22-16(12-26-17)11-21-18(20-4)23-9-10-27(24,25)19(2,3)13-23;/h5-8,12H,9-11,13H2,1-4H3,(H,20,21);1H. The summed E-state index contributed by atoms with van der Waals surface area (Å²) in [4.78, 5) is 10.8. The highest BCUT2D eigenvalue weighted by atomic mass is 127. The Morgan fingerprint density at radius 1 is 1.32 bits per heavy atom. The molecule has 2 aromatic rings. The first-order valence-corrected chi connectivity index (χ1v) is 10.6. The Balaban J connectivity index is 0.00000280. The number of aryl methyl sites for hydroxylation is 1. The minimum atomic E-state index is -3.08. The van der Waals surface area contributed by atoms with Crippen LogP contribution in [-0.2, 0) is 16.4 Å². The molecule has 1 aliphatic rings. The van der Waals surface area contributed by atoms with Gasteiger partial charge in [0.1, 0.15) is 6.26 Å². The second-order valence-electron chi connectivity index (χ2n) is 7.41. The van der Waals surface area contributed by atoms with E-state index < -0.39 is 14.6 Å². The Morgan fingerprint density at radius 2 is 2.00 bits per heavy atom. The average Bonchev–Trinajstić information content (AvgIpc) is 3.08. The van der Waals surface area contributed by atoms with E-state index in [-0.39, 0.29) is 29.7 Å². The van der Waals surface area contributed by atoms with E-state index in [1.54, 1.807) is 27.2 Å². The van der Waals surface area contributed by atoms with Crippen molar-refractivity contribution in [3.05, 3.63) is 41.8 Å². The summed E-state index contributed by atoms with van der Waals surface area (Å²) in [6, 6.07) is 8.00. The Morgan fingerprint density at radius 3 is 2.61 bits per heavy atom. The number of sulfone groups is 1. The zero-order valence-corrected chi connectivity index (χ0v) is 19.7. The van der Waals surface area contributed by atoms with E-state index in [2.05, 4.69) is 15.3 Å². The molecule has 1 fully saturated rings. The number of hydrogen-bond donors (Lipinski definition) is 1. The van der Waals surface area contributed by atoms with Gasteiger partial charge in [0.05, 0.1) is 22.7 Å². The van der Waals surface area contributed by atoms with Crippen molar-refractivity contribution in [2.45, 2.75) is 32.1 Å². The van der Waals surface area contributed by atoms with Gasteiger partial charge in [-0.25, -0.2) is 13.4 Å². The van der Waals surface area contributed by atoms with Crippen LogP contribution in [0.3, 0.4) is 0 Å². The minimum Gasteiger partial charge on any atom is -0.444 e. The van der Waals surface area contributed by atoms with E-state index in [1.807, 2.05) is 36.1 Å². The number of halogens is 1. The van der Waals surface area contributed by atoms with Gasteiger partial charge in [0.15, 0.2) is 15.8 Å². The lowest BCUT2D eigenvalue weighted by Gasteiger charge is -2.39. The molecule has 1 aliphatic heterocycles. The van der Waals surface area contributed by atoms with Gasteiger partial charge >= 0.3 is 0 Å². The number of nitrogens with one attached hydrogen (secondary N) is 1. The lowest BCUT2D eigenvalue weighted by atomic mass is 10.1. The molecule has 0 spiro atoms. The SMILES string of the molecule is CN=C(NCc1coc(-c2ccc(C)cc2)n1)N1CCS(=O)(=O)C(C)(C)C1.I. The molecule has 1 aromatic heterocycles. The van der Waals surface area contributed by atoms with Gasteiger partial charge in [-0.3, -0.25) is 4.99 Å². The smallest absolute Gasteiger partial charge is 0.226 e. The van der Waals surface area contributed by atoms with E-state index in [0.29, 0.717) is 31.5 Å². The van der Waals surface area contributed by atoms with Gasteiger partial charge in [0, 0.05) is 25.7 Å². The predicted molar refractivity (Wildman–Crippen MR) is 122 cm³/mol. The lowest BCUT2D eigenvalue weighted by molar-refractivity contribution is 0.353. The summed E-state index contributed by atoms with van der Waals surface area (Å²) in [5, 5.41) is 3.25. The highest BCUT2D eigenvalue weighted by molar-refractivity contribution is 14.0. The van der Waals surface area contributed by atoms with Crippen molar-refractivity contribution in [1.82, 2.24) is 15.2 Å². The highest BCUT2D eigenvalue weighted by Crippen LogP contribution is 2.24. The second-order valence-corrected chi connectivity index (χ2v) is 10.2. The summed E-state index contributed by atoms with van der Waals surface area (Å²) in [6.45, 7) is 6.83. The number of aliphatic imine (C=N–C) groups is 1. The number of guanidine groups is 1. The summed E-state index contributed by atoms with van der Waals surface area (Å²) < 4.78 is 29.2. The molecule has 2 heterocycles. The first-order valence-electron chi connectivity index (χ1n) is 8.91. The third-order valence-electron chi connectivity index (χ3n) is 4.83. The molecule has 0 radical (unpaired) electrons. The Labute approximate surface area is 183 Å². The molecule has 1 N–H and O–H groups in total. The zero-order chi connectivity index (χ0) is 19.7. The van der Waals surface area contributed by atoms with Crippen LogP contribution < -0.4 is 5.32 Å². The maximum atomic E-state index is 12.2. The van der Waals surface area contributed by atoms with Crippen LogP contribution in [0.5, 0.6) is 0 Å². The second kappa shape index (κ2) is 8.81. The van der Waals surface area contributed by atoms with Crippen LogP contribution in [0.2, 0.25) is 0 Å². The molecule has 3 rings (SSSR count). The first-order chi connectivity index (χ1) is 12.7. The Kier molecular flexibility index (Phi) is 7.13. The maximum absolute atomic E-state index is 12.2. The zero-order valence-electron chi connectivity index (χ0n) is 16.6. The average molecular weight is 518 g/mol. The summed E-state index contributed by atoms with van der Waals surface area (Å²) in [5.41, 5.74) is 2.87. The van der Waals surface area contributed by atoms with Gasteiger partial charge in [0.2, 0.25) is 5.89 Å². The molecule has 154 valence electrons. The number of oxazole rings is 1. The first kappa shape index (κ1) is 22.7. The van der Waals surface area contributed by atoms with E-state index in [4.69, 9.17) is 4.42 Å². The van der Waals surface area contributed by atoms with Gasteiger partial charge < -0.3 is 14.6 Å². The highest BCUT2D eigenvalue weighted by Gasteiger charge is 2.40. The minimum absolute atomic E-state index is 0. The number of rotatable bonds is 3.